The van der Waals surface area contributed by atoms with Gasteiger partial charge in [0.15, 0.2) is 0 Å². The number of hydrogen-bond acceptors (Lipinski definition) is 4. The maximum atomic E-state index is 2.54. The number of benzene rings is 4. The molecule has 0 fully saturated rings. The summed E-state index contributed by atoms with van der Waals surface area (Å²) in [6, 6.07) is 20.0. The van der Waals surface area contributed by atoms with Crippen LogP contribution in [-0.4, -0.2) is 0 Å². The summed E-state index contributed by atoms with van der Waals surface area (Å²) in [6.45, 7) is 9.71. The number of allylic oxidation sites excluding steroid dienone is 4. The first-order valence-electron chi connectivity index (χ1n) is 15.8. The molecule has 0 saturated carbocycles. The van der Waals surface area contributed by atoms with Crippen molar-refractivity contribution in [3.8, 4) is 0 Å². The second-order valence-electron chi connectivity index (χ2n) is 14.6. The van der Waals surface area contributed by atoms with Crippen molar-refractivity contribution in [2.45, 2.75) is 83.8 Å². The predicted molar refractivity (Wildman–Crippen MR) is 189 cm³/mol. The van der Waals surface area contributed by atoms with Crippen LogP contribution in [0.2, 0.25) is 0 Å². The van der Waals surface area contributed by atoms with E-state index in [1.807, 2.05) is 47.0 Å². The average Bonchev–Trinajstić information content (AvgIpc) is 3.60. The SMILES string of the molecule is CC(C)C1CC2C=CC1c1cc3cc4c(cc3cc12)SC(=C1Sc2cc3cc5c(cc3cc2S1)C1C=CC5CC1(C)C)S4. The standard InChI is InChI=1S/C39H34S4/c1-19(2)27-9-20-5-7-26(27)30-12-24-16-35-33(14-22(24)10-28(20)30)40-37(42-35)38-41-34-15-23-11-29-21-6-8-32(39(3,4)18-21)31(29)13-25(23)17-36(34)43-38/h5-8,10-17,19-21,26-27,32H,9,18H2,1-4H3. The minimum atomic E-state index is 0.349. The van der Waals surface area contributed by atoms with Gasteiger partial charge in [-0.2, -0.15) is 0 Å². The molecule has 4 heteroatoms. The van der Waals surface area contributed by atoms with Crippen LogP contribution in [0, 0.1) is 17.3 Å². The normalized spacial score (nSPS) is 30.4. The molecule has 4 aromatic rings. The molecule has 214 valence electrons. The molecule has 0 saturated heterocycles. The number of hydrogen-bond donors (Lipinski definition) is 0. The lowest BCUT2D eigenvalue weighted by molar-refractivity contribution is 0.251. The molecule has 0 N–H and O–H groups in total. The molecule has 6 aliphatic carbocycles. The smallest absolute Gasteiger partial charge is 0.0706 e. The van der Waals surface area contributed by atoms with E-state index in [9.17, 15) is 0 Å². The van der Waals surface area contributed by atoms with Gasteiger partial charge in [-0.15, -0.1) is 0 Å². The zero-order chi connectivity index (χ0) is 28.8. The average molecular weight is 631 g/mol. The van der Waals surface area contributed by atoms with Crippen LogP contribution in [0.3, 0.4) is 0 Å². The Bertz CT molecular complexity index is 2020. The van der Waals surface area contributed by atoms with Gasteiger partial charge >= 0.3 is 0 Å². The fourth-order valence-corrected chi connectivity index (χ4v) is 14.4. The molecular weight excluding hydrogens is 597 g/mol. The van der Waals surface area contributed by atoms with Crippen molar-refractivity contribution < 1.29 is 0 Å². The summed E-state index contributed by atoms with van der Waals surface area (Å²) in [4.78, 5) is 5.71. The third-order valence-electron chi connectivity index (χ3n) is 11.2. The predicted octanol–water partition coefficient (Wildman–Crippen LogP) is 12.8. The molecule has 0 spiro atoms. The second-order valence-corrected chi connectivity index (χ2v) is 19.3. The largest absolute Gasteiger partial charge is 0.0804 e. The van der Waals surface area contributed by atoms with Gasteiger partial charge in [0.2, 0.25) is 0 Å². The van der Waals surface area contributed by atoms with Crippen LogP contribution >= 0.6 is 47.0 Å². The molecule has 0 radical (unpaired) electrons. The van der Waals surface area contributed by atoms with Gasteiger partial charge in [-0.3, -0.25) is 0 Å². The Labute approximate surface area is 271 Å². The molecule has 5 atom stereocenters. The molecule has 0 amide bonds. The zero-order valence-corrected chi connectivity index (χ0v) is 28.2. The van der Waals surface area contributed by atoms with E-state index in [2.05, 4.69) is 101 Å². The molecule has 0 nitrogen and oxygen atoms in total. The van der Waals surface area contributed by atoms with E-state index in [0.717, 1.165) is 11.8 Å². The minimum Gasteiger partial charge on any atom is -0.0804 e. The fraction of sp³-hybridized carbons (Fsp3) is 0.333. The molecule has 2 aliphatic heterocycles. The van der Waals surface area contributed by atoms with Crippen LogP contribution in [0.5, 0.6) is 0 Å². The van der Waals surface area contributed by atoms with Crippen molar-refractivity contribution in [1.82, 2.24) is 0 Å². The summed E-state index contributed by atoms with van der Waals surface area (Å²) in [7, 11) is 0. The molecular formula is C39H34S4. The maximum Gasteiger partial charge on any atom is 0.0706 e. The monoisotopic (exact) mass is 630 g/mol. The highest BCUT2D eigenvalue weighted by Gasteiger charge is 2.42. The third-order valence-corrected chi connectivity index (χ3v) is 16.8. The molecule has 4 aromatic carbocycles. The summed E-state index contributed by atoms with van der Waals surface area (Å²) >= 11 is 7.95. The molecule has 43 heavy (non-hydrogen) atoms. The Kier molecular flexibility index (Phi) is 5.53. The summed E-state index contributed by atoms with van der Waals surface area (Å²) in [5.74, 6) is 3.79. The molecule has 2 heterocycles. The Balaban J connectivity index is 0.983. The van der Waals surface area contributed by atoms with E-state index in [-0.39, 0.29) is 0 Å². The first-order valence-corrected chi connectivity index (χ1v) is 19.1. The van der Waals surface area contributed by atoms with Crippen LogP contribution in [0.4, 0.5) is 0 Å². The maximum absolute atomic E-state index is 2.54. The highest BCUT2D eigenvalue weighted by Crippen LogP contribution is 2.63. The first kappa shape index (κ1) is 26.3. The summed E-state index contributed by atoms with van der Waals surface area (Å²) in [5, 5.41) is 5.64. The number of thioether (sulfide) groups is 4. The van der Waals surface area contributed by atoms with Gasteiger partial charge in [0.05, 0.1) is 8.47 Å². The summed E-state index contributed by atoms with van der Waals surface area (Å²) < 4.78 is 2.91. The Morgan fingerprint density at radius 1 is 0.581 bits per heavy atom. The van der Waals surface area contributed by atoms with Crippen LogP contribution in [0.25, 0.3) is 21.5 Å². The van der Waals surface area contributed by atoms with Gasteiger partial charge < -0.3 is 0 Å². The lowest BCUT2D eigenvalue weighted by atomic mass is 9.58. The van der Waals surface area contributed by atoms with Crippen molar-refractivity contribution >= 4 is 68.6 Å². The number of fused-ring (bicyclic) bond motifs is 6. The van der Waals surface area contributed by atoms with Gasteiger partial charge in [-0.05, 0) is 98.2 Å². The van der Waals surface area contributed by atoms with Crippen LogP contribution in [-0.2, 0) is 0 Å². The Morgan fingerprint density at radius 3 is 1.60 bits per heavy atom. The van der Waals surface area contributed by atoms with Gasteiger partial charge in [-0.1, -0.05) is 123 Å². The van der Waals surface area contributed by atoms with E-state index in [4.69, 9.17) is 0 Å². The third kappa shape index (κ3) is 3.82. The van der Waals surface area contributed by atoms with Gasteiger partial charge in [0, 0.05) is 43.3 Å². The first-order chi connectivity index (χ1) is 20.8. The summed E-state index contributed by atoms with van der Waals surface area (Å²) in [6.07, 6.45) is 12.5. The molecule has 12 rings (SSSR count). The molecule has 5 unspecified atom stereocenters. The van der Waals surface area contributed by atoms with Crippen molar-refractivity contribution in [2.24, 2.45) is 17.3 Å². The van der Waals surface area contributed by atoms with Crippen LogP contribution < -0.4 is 0 Å². The van der Waals surface area contributed by atoms with E-state index >= 15 is 0 Å². The molecule has 0 aromatic heterocycles. The lowest BCUT2D eigenvalue weighted by Gasteiger charge is -2.46. The zero-order valence-electron chi connectivity index (χ0n) is 24.9. The van der Waals surface area contributed by atoms with Crippen molar-refractivity contribution in [2.75, 3.05) is 0 Å². The van der Waals surface area contributed by atoms with E-state index in [1.165, 1.54) is 62.4 Å². The Morgan fingerprint density at radius 2 is 1.07 bits per heavy atom. The van der Waals surface area contributed by atoms with Crippen LogP contribution in [0.15, 0.2) is 101 Å². The van der Waals surface area contributed by atoms with E-state index in [0.29, 0.717) is 29.1 Å². The van der Waals surface area contributed by atoms with E-state index in [1.54, 1.807) is 22.3 Å². The molecule has 4 bridgehead atoms. The van der Waals surface area contributed by atoms with Crippen molar-refractivity contribution in [3.63, 3.8) is 0 Å². The second kappa shape index (κ2) is 9.06. The van der Waals surface area contributed by atoms with Crippen molar-refractivity contribution in [3.05, 3.63) is 104 Å². The number of rotatable bonds is 1. The van der Waals surface area contributed by atoms with Crippen LogP contribution in [0.1, 0.15) is 86.5 Å². The fourth-order valence-electron chi connectivity index (χ4n) is 8.99. The van der Waals surface area contributed by atoms with Gasteiger partial charge in [0.25, 0.3) is 0 Å². The summed E-state index contributed by atoms with van der Waals surface area (Å²) in [5.41, 5.74) is 6.67. The lowest BCUT2D eigenvalue weighted by Crippen LogP contribution is -2.32. The minimum absolute atomic E-state index is 0.349. The topological polar surface area (TPSA) is 0 Å². The van der Waals surface area contributed by atoms with E-state index < -0.39 is 0 Å². The van der Waals surface area contributed by atoms with Gasteiger partial charge in [-0.25, -0.2) is 0 Å². The van der Waals surface area contributed by atoms with Crippen molar-refractivity contribution in [1.29, 1.82) is 0 Å². The van der Waals surface area contributed by atoms with Gasteiger partial charge in [0.1, 0.15) is 0 Å². The Hall–Kier alpha value is -1.98. The molecule has 8 aliphatic rings. The quantitative estimate of drug-likeness (QED) is 0.192. The highest BCUT2D eigenvalue weighted by molar-refractivity contribution is 8.30. The highest BCUT2D eigenvalue weighted by atomic mass is 32.2.